The van der Waals surface area contributed by atoms with Gasteiger partial charge in [0.15, 0.2) is 0 Å². The first kappa shape index (κ1) is 22.7. The maximum atomic E-state index is 12.8. The second kappa shape index (κ2) is 9.04. The third-order valence-corrected chi connectivity index (χ3v) is 5.23. The van der Waals surface area contributed by atoms with Gasteiger partial charge >= 0.3 is 6.18 Å². The summed E-state index contributed by atoms with van der Waals surface area (Å²) in [6.07, 6.45) is 5.22. The number of nitrogens with one attached hydrogen (secondary N) is 1. The van der Waals surface area contributed by atoms with Gasteiger partial charge in [-0.3, -0.25) is 4.98 Å². The minimum atomic E-state index is -4.31. The molecule has 0 aromatic carbocycles. The summed E-state index contributed by atoms with van der Waals surface area (Å²) in [5.74, 6) is 0. The van der Waals surface area contributed by atoms with Crippen molar-refractivity contribution < 1.29 is 13.2 Å². The average Bonchev–Trinajstić information content (AvgIpc) is 2.88. The number of aromatic nitrogens is 1. The van der Waals surface area contributed by atoms with E-state index >= 15 is 0 Å². The lowest BCUT2D eigenvalue weighted by Crippen LogP contribution is -2.12. The van der Waals surface area contributed by atoms with Crippen molar-refractivity contribution in [1.82, 2.24) is 4.98 Å². The maximum Gasteiger partial charge on any atom is 0.393 e. The van der Waals surface area contributed by atoms with Crippen molar-refractivity contribution in [2.75, 3.05) is 0 Å². The third kappa shape index (κ3) is 5.40. The summed E-state index contributed by atoms with van der Waals surface area (Å²) in [5, 5.41) is 9.33. The summed E-state index contributed by atoms with van der Waals surface area (Å²) in [4.78, 5) is 4.01. The molecule has 6 heteroatoms. The van der Waals surface area contributed by atoms with E-state index in [0.717, 1.165) is 33.2 Å². The van der Waals surface area contributed by atoms with E-state index in [1.54, 1.807) is 12.2 Å². The van der Waals surface area contributed by atoms with E-state index in [1.165, 1.54) is 18.5 Å². The normalized spacial score (nSPS) is 16.8. The van der Waals surface area contributed by atoms with Gasteiger partial charge in [-0.2, -0.15) is 13.2 Å². The van der Waals surface area contributed by atoms with E-state index in [9.17, 15) is 13.2 Å². The highest BCUT2D eigenvalue weighted by Gasteiger charge is 2.28. The molecule has 3 rings (SSSR count). The molecule has 1 atom stereocenters. The van der Waals surface area contributed by atoms with Gasteiger partial charge < -0.3 is 5.41 Å². The van der Waals surface area contributed by atoms with E-state index in [2.05, 4.69) is 32.3 Å². The van der Waals surface area contributed by atoms with Crippen LogP contribution in [0.1, 0.15) is 31.4 Å². The zero-order valence-corrected chi connectivity index (χ0v) is 18.5. The van der Waals surface area contributed by atoms with Crippen LogP contribution in [0.15, 0.2) is 94.0 Å². The Bertz CT molecular complexity index is 1190. The fraction of sp³-hybridized carbons (Fsp3) is 0.200. The second-order valence-corrected chi connectivity index (χ2v) is 8.34. The molecule has 0 saturated carbocycles. The fourth-order valence-corrected chi connectivity index (χ4v) is 4.07. The molecule has 1 heterocycles. The van der Waals surface area contributed by atoms with Crippen LogP contribution < -0.4 is 0 Å². The van der Waals surface area contributed by atoms with E-state index in [0.29, 0.717) is 23.3 Å². The molecule has 1 aromatic heterocycles. The lowest BCUT2D eigenvalue weighted by atomic mass is 9.83. The smallest absolute Gasteiger partial charge is 0.305 e. The van der Waals surface area contributed by atoms with E-state index in [4.69, 9.17) is 5.41 Å². The zero-order valence-electron chi connectivity index (χ0n) is 17.3. The summed E-state index contributed by atoms with van der Waals surface area (Å²) in [6, 6.07) is 1.49. The molecule has 0 aliphatic heterocycles. The Morgan fingerprint density at radius 3 is 2.68 bits per heavy atom. The topological polar surface area (TPSA) is 36.7 Å². The standard InChI is InChI=1S/C25H22F3N2P/c1-4-15(2)24(16(3)31)18-6-5-7-22-19(9-18)10-21(29)11-23(22)20-8-17(13-30-14-20)12-25(26,27)28/h5-6,8-9,11,13-14,29H,1,10,12,31H2,2-3H3. The molecule has 0 amide bonds. The van der Waals surface area contributed by atoms with Crippen LogP contribution in [0.4, 0.5) is 13.2 Å². The summed E-state index contributed by atoms with van der Waals surface area (Å²) >= 11 is 0. The van der Waals surface area contributed by atoms with Gasteiger partial charge in [0.2, 0.25) is 0 Å². The Labute approximate surface area is 182 Å². The molecule has 0 fully saturated rings. The Kier molecular flexibility index (Phi) is 6.62. The van der Waals surface area contributed by atoms with E-state index in [1.807, 2.05) is 26.0 Å². The number of hydrogen-bond donors (Lipinski definition) is 1. The monoisotopic (exact) mass is 438 g/mol. The zero-order chi connectivity index (χ0) is 22.8. The minimum absolute atomic E-state index is 0.0844. The molecule has 0 saturated heterocycles. The maximum absolute atomic E-state index is 12.8. The SMILES string of the molecule is C=C=C(C)C(C1=CC=C=C2C(=C1)CC(=N)C=C2c1cncc(CC(F)(F)F)c1)=C(C)P. The van der Waals surface area contributed by atoms with Crippen molar-refractivity contribution in [3.63, 3.8) is 0 Å². The van der Waals surface area contributed by atoms with Crippen LogP contribution >= 0.6 is 9.24 Å². The lowest BCUT2D eigenvalue weighted by molar-refractivity contribution is -0.127. The largest absolute Gasteiger partial charge is 0.393 e. The second-order valence-electron chi connectivity index (χ2n) is 7.47. The third-order valence-electron chi connectivity index (χ3n) is 4.94. The Morgan fingerprint density at radius 2 is 2.03 bits per heavy atom. The minimum Gasteiger partial charge on any atom is -0.305 e. The van der Waals surface area contributed by atoms with Crippen molar-refractivity contribution in [3.05, 3.63) is 105 Å². The molecule has 1 N–H and O–H groups in total. The van der Waals surface area contributed by atoms with Gasteiger partial charge in [0.1, 0.15) is 0 Å². The van der Waals surface area contributed by atoms with Gasteiger partial charge in [0, 0.05) is 41.2 Å². The molecule has 2 aliphatic carbocycles. The number of hydrogen-bond acceptors (Lipinski definition) is 2. The Morgan fingerprint density at radius 1 is 1.29 bits per heavy atom. The summed E-state index contributed by atoms with van der Waals surface area (Å²) < 4.78 is 38.5. The van der Waals surface area contributed by atoms with Crippen LogP contribution in [-0.4, -0.2) is 16.9 Å². The van der Waals surface area contributed by atoms with Gasteiger partial charge in [0.05, 0.1) is 6.42 Å². The van der Waals surface area contributed by atoms with Gasteiger partial charge in [-0.25, -0.2) is 0 Å². The van der Waals surface area contributed by atoms with Crippen molar-refractivity contribution in [3.8, 4) is 0 Å². The quantitative estimate of drug-likeness (QED) is 0.313. The van der Waals surface area contributed by atoms with Gasteiger partial charge in [-0.15, -0.1) is 20.7 Å². The number of nitrogens with zero attached hydrogens (tertiary/aromatic N) is 1. The number of fused-ring (bicyclic) bond motifs is 1. The van der Waals surface area contributed by atoms with Crippen LogP contribution in [0.5, 0.6) is 0 Å². The fourth-order valence-electron chi connectivity index (χ4n) is 3.68. The molecular formula is C25H22F3N2P. The van der Waals surface area contributed by atoms with Crippen molar-refractivity contribution in [1.29, 1.82) is 5.41 Å². The van der Waals surface area contributed by atoms with Gasteiger partial charge in [0.25, 0.3) is 0 Å². The molecule has 1 unspecified atom stereocenters. The molecule has 1 aromatic rings. The van der Waals surface area contributed by atoms with Crippen LogP contribution in [0.3, 0.4) is 0 Å². The predicted molar refractivity (Wildman–Crippen MR) is 123 cm³/mol. The molecule has 31 heavy (non-hydrogen) atoms. The van der Waals surface area contributed by atoms with E-state index in [-0.39, 0.29) is 5.56 Å². The highest BCUT2D eigenvalue weighted by molar-refractivity contribution is 7.22. The number of alkyl halides is 3. The van der Waals surface area contributed by atoms with Crippen molar-refractivity contribution in [2.24, 2.45) is 0 Å². The Hall–Kier alpha value is -2.96. The highest BCUT2D eigenvalue weighted by atomic mass is 31.0. The first-order valence-electron chi connectivity index (χ1n) is 9.61. The summed E-state index contributed by atoms with van der Waals surface area (Å²) in [7, 11) is 2.70. The van der Waals surface area contributed by atoms with Crippen molar-refractivity contribution >= 4 is 20.5 Å². The first-order valence-corrected chi connectivity index (χ1v) is 10.2. The van der Waals surface area contributed by atoms with Crippen molar-refractivity contribution in [2.45, 2.75) is 32.9 Å². The summed E-state index contributed by atoms with van der Waals surface area (Å²) in [5.41, 5.74) is 12.3. The lowest BCUT2D eigenvalue weighted by Gasteiger charge is -2.21. The molecule has 0 spiro atoms. The molecule has 2 aliphatic rings. The molecular weight excluding hydrogens is 416 g/mol. The summed E-state index contributed by atoms with van der Waals surface area (Å²) in [6.45, 7) is 7.66. The molecule has 0 radical (unpaired) electrons. The predicted octanol–water partition coefficient (Wildman–Crippen LogP) is 6.82. The average molecular weight is 438 g/mol. The number of halogens is 3. The number of pyridine rings is 1. The van der Waals surface area contributed by atoms with Gasteiger partial charge in [-0.05, 0) is 77.4 Å². The highest BCUT2D eigenvalue weighted by Crippen LogP contribution is 2.38. The van der Waals surface area contributed by atoms with Crippen LogP contribution in [0.2, 0.25) is 0 Å². The molecule has 0 bridgehead atoms. The van der Waals surface area contributed by atoms with Crippen LogP contribution in [-0.2, 0) is 6.42 Å². The van der Waals surface area contributed by atoms with Crippen LogP contribution in [0, 0.1) is 5.41 Å². The van der Waals surface area contributed by atoms with Crippen LogP contribution in [0.25, 0.3) is 5.57 Å². The first-order chi connectivity index (χ1) is 14.6. The van der Waals surface area contributed by atoms with E-state index < -0.39 is 12.6 Å². The number of rotatable bonds is 4. The molecule has 2 nitrogen and oxygen atoms in total. The number of allylic oxidation sites excluding steroid dienone is 10. The molecule has 158 valence electrons. The Balaban J connectivity index is 2.07. The van der Waals surface area contributed by atoms with Gasteiger partial charge in [-0.1, -0.05) is 6.58 Å².